The second-order valence-corrected chi connectivity index (χ2v) is 6.46. The van der Waals surface area contributed by atoms with E-state index in [0.717, 1.165) is 29.9 Å². The van der Waals surface area contributed by atoms with E-state index in [2.05, 4.69) is 84.1 Å². The van der Waals surface area contributed by atoms with Gasteiger partial charge in [-0.3, -0.25) is 0 Å². The Labute approximate surface area is 145 Å². The van der Waals surface area contributed by atoms with Crippen molar-refractivity contribution in [1.29, 1.82) is 0 Å². The third-order valence-corrected chi connectivity index (χ3v) is 4.91. The summed E-state index contributed by atoms with van der Waals surface area (Å²) in [7, 11) is 0. The first-order chi connectivity index (χ1) is 10.8. The lowest BCUT2D eigenvalue weighted by atomic mass is 10.0. The molecule has 0 spiro atoms. The highest BCUT2D eigenvalue weighted by molar-refractivity contribution is 14.1. The average molecular weight is 402 g/mol. The molecule has 0 fully saturated rings. The molecular formula is C20H19IO. The van der Waals surface area contributed by atoms with Crippen molar-refractivity contribution in [2.75, 3.05) is 0 Å². The van der Waals surface area contributed by atoms with E-state index in [1.807, 2.05) is 6.07 Å². The molecule has 1 aromatic heterocycles. The van der Waals surface area contributed by atoms with E-state index in [-0.39, 0.29) is 0 Å². The fraction of sp³-hybridized carbons (Fsp3) is 0.200. The van der Waals surface area contributed by atoms with Gasteiger partial charge in [-0.05, 0) is 34.6 Å². The molecule has 2 heteroatoms. The molecule has 112 valence electrons. The van der Waals surface area contributed by atoms with Crippen LogP contribution in [0.15, 0.2) is 65.1 Å². The number of hydrogen-bond acceptors (Lipinski definition) is 1. The van der Waals surface area contributed by atoms with Crippen molar-refractivity contribution >= 4 is 22.6 Å². The molecule has 0 amide bonds. The third-order valence-electron chi connectivity index (χ3n) is 3.77. The van der Waals surface area contributed by atoms with Gasteiger partial charge in [0.05, 0.1) is 3.57 Å². The highest BCUT2D eigenvalue weighted by atomic mass is 127. The van der Waals surface area contributed by atoms with Gasteiger partial charge in [-0.15, -0.1) is 0 Å². The van der Waals surface area contributed by atoms with Crippen molar-refractivity contribution in [3.63, 3.8) is 0 Å². The summed E-state index contributed by atoms with van der Waals surface area (Å²) >= 11 is 2.44. The SMILES string of the molecule is CCCCc1oc(-c2ccccc2)c(-c2ccccc2)c1I. The van der Waals surface area contributed by atoms with Gasteiger partial charge in [-0.25, -0.2) is 0 Å². The quantitative estimate of drug-likeness (QED) is 0.441. The number of rotatable bonds is 5. The van der Waals surface area contributed by atoms with E-state index in [0.29, 0.717) is 0 Å². The van der Waals surface area contributed by atoms with Crippen LogP contribution in [0.4, 0.5) is 0 Å². The molecule has 22 heavy (non-hydrogen) atoms. The standard InChI is InChI=1S/C20H19IO/c1-2-3-14-17-19(21)18(15-10-6-4-7-11-15)20(22-17)16-12-8-5-9-13-16/h4-13H,2-3,14H2,1H3. The molecular weight excluding hydrogens is 383 g/mol. The second-order valence-electron chi connectivity index (χ2n) is 5.38. The first kappa shape index (κ1) is 15.3. The van der Waals surface area contributed by atoms with Crippen LogP contribution in [0.1, 0.15) is 25.5 Å². The fourth-order valence-electron chi connectivity index (χ4n) is 2.61. The zero-order valence-electron chi connectivity index (χ0n) is 12.7. The summed E-state index contributed by atoms with van der Waals surface area (Å²) in [5, 5.41) is 0. The van der Waals surface area contributed by atoms with Gasteiger partial charge in [0.25, 0.3) is 0 Å². The number of aryl methyl sites for hydroxylation is 1. The summed E-state index contributed by atoms with van der Waals surface area (Å²) in [6.07, 6.45) is 3.34. The maximum Gasteiger partial charge on any atom is 0.143 e. The molecule has 3 aromatic rings. The van der Waals surface area contributed by atoms with Gasteiger partial charge in [0.15, 0.2) is 0 Å². The van der Waals surface area contributed by atoms with Crippen LogP contribution in [0, 0.1) is 3.57 Å². The topological polar surface area (TPSA) is 13.1 Å². The molecule has 0 unspecified atom stereocenters. The molecule has 0 atom stereocenters. The number of benzene rings is 2. The third kappa shape index (κ3) is 3.12. The van der Waals surface area contributed by atoms with E-state index in [9.17, 15) is 0 Å². The Hall–Kier alpha value is -1.55. The maximum atomic E-state index is 6.28. The average Bonchev–Trinajstić information content (AvgIpc) is 2.91. The summed E-state index contributed by atoms with van der Waals surface area (Å²) in [6.45, 7) is 2.21. The van der Waals surface area contributed by atoms with Gasteiger partial charge in [0, 0.05) is 17.5 Å². The monoisotopic (exact) mass is 402 g/mol. The Bertz CT molecular complexity index is 729. The minimum atomic E-state index is 0.988. The maximum absolute atomic E-state index is 6.28. The lowest BCUT2D eigenvalue weighted by Gasteiger charge is -2.03. The normalized spacial score (nSPS) is 10.8. The first-order valence-corrected chi connectivity index (χ1v) is 8.81. The molecule has 0 saturated heterocycles. The molecule has 0 saturated carbocycles. The Morgan fingerprint density at radius 2 is 1.45 bits per heavy atom. The van der Waals surface area contributed by atoms with Gasteiger partial charge in [-0.2, -0.15) is 0 Å². The smallest absolute Gasteiger partial charge is 0.143 e. The van der Waals surface area contributed by atoms with E-state index in [4.69, 9.17) is 4.42 Å². The minimum Gasteiger partial charge on any atom is -0.459 e. The van der Waals surface area contributed by atoms with Crippen LogP contribution in [0.3, 0.4) is 0 Å². The Kier molecular flexibility index (Phi) is 4.98. The highest BCUT2D eigenvalue weighted by Gasteiger charge is 2.20. The van der Waals surface area contributed by atoms with Crippen LogP contribution in [0.5, 0.6) is 0 Å². The van der Waals surface area contributed by atoms with Crippen molar-refractivity contribution in [2.24, 2.45) is 0 Å². The molecule has 1 nitrogen and oxygen atoms in total. The van der Waals surface area contributed by atoms with Crippen molar-refractivity contribution in [3.8, 4) is 22.5 Å². The fourth-order valence-corrected chi connectivity index (χ4v) is 3.55. The largest absolute Gasteiger partial charge is 0.459 e. The van der Waals surface area contributed by atoms with Crippen LogP contribution in [0.2, 0.25) is 0 Å². The van der Waals surface area contributed by atoms with Crippen molar-refractivity contribution in [3.05, 3.63) is 70.0 Å². The van der Waals surface area contributed by atoms with Gasteiger partial charge >= 0.3 is 0 Å². The predicted molar refractivity (Wildman–Crippen MR) is 101 cm³/mol. The lowest BCUT2D eigenvalue weighted by molar-refractivity contribution is 0.510. The first-order valence-electron chi connectivity index (χ1n) is 7.73. The number of halogens is 1. The van der Waals surface area contributed by atoms with Crippen LogP contribution in [0.25, 0.3) is 22.5 Å². The summed E-state index contributed by atoms with van der Waals surface area (Å²) < 4.78 is 7.53. The van der Waals surface area contributed by atoms with Crippen molar-refractivity contribution < 1.29 is 4.42 Å². The molecule has 0 aliphatic carbocycles. The second kappa shape index (κ2) is 7.14. The number of furan rings is 1. The van der Waals surface area contributed by atoms with E-state index in [1.165, 1.54) is 21.1 Å². The predicted octanol–water partition coefficient (Wildman–Crippen LogP) is 6.56. The van der Waals surface area contributed by atoms with Crippen LogP contribution >= 0.6 is 22.6 Å². The van der Waals surface area contributed by atoms with Crippen LogP contribution in [-0.2, 0) is 6.42 Å². The zero-order chi connectivity index (χ0) is 15.4. The Morgan fingerprint density at radius 1 is 0.864 bits per heavy atom. The summed E-state index contributed by atoms with van der Waals surface area (Å²) in [5.74, 6) is 2.10. The van der Waals surface area contributed by atoms with Crippen molar-refractivity contribution in [1.82, 2.24) is 0 Å². The Balaban J connectivity index is 2.15. The van der Waals surface area contributed by atoms with Gasteiger partial charge < -0.3 is 4.42 Å². The summed E-state index contributed by atoms with van der Waals surface area (Å²) in [6, 6.07) is 20.9. The van der Waals surface area contributed by atoms with Gasteiger partial charge in [0.2, 0.25) is 0 Å². The molecule has 0 bridgehead atoms. The van der Waals surface area contributed by atoms with E-state index < -0.39 is 0 Å². The number of unbranched alkanes of at least 4 members (excludes halogenated alkanes) is 1. The molecule has 2 aromatic carbocycles. The van der Waals surface area contributed by atoms with E-state index in [1.54, 1.807) is 0 Å². The molecule has 0 radical (unpaired) electrons. The summed E-state index contributed by atoms with van der Waals surface area (Å²) in [5.41, 5.74) is 3.58. The number of hydrogen-bond donors (Lipinski definition) is 0. The highest BCUT2D eigenvalue weighted by Crippen LogP contribution is 2.40. The van der Waals surface area contributed by atoms with Crippen LogP contribution in [-0.4, -0.2) is 0 Å². The lowest BCUT2D eigenvalue weighted by Crippen LogP contribution is -1.85. The molecule has 3 rings (SSSR count). The molecule has 1 heterocycles. The minimum absolute atomic E-state index is 0.988. The molecule has 0 aliphatic rings. The van der Waals surface area contributed by atoms with Gasteiger partial charge in [0.1, 0.15) is 11.5 Å². The Morgan fingerprint density at radius 3 is 2.05 bits per heavy atom. The van der Waals surface area contributed by atoms with Crippen LogP contribution < -0.4 is 0 Å². The molecule has 0 aliphatic heterocycles. The van der Waals surface area contributed by atoms with Crippen molar-refractivity contribution in [2.45, 2.75) is 26.2 Å². The zero-order valence-corrected chi connectivity index (χ0v) is 14.8. The summed E-state index contributed by atoms with van der Waals surface area (Å²) in [4.78, 5) is 0. The van der Waals surface area contributed by atoms with E-state index >= 15 is 0 Å². The molecule has 0 N–H and O–H groups in total. The van der Waals surface area contributed by atoms with Gasteiger partial charge in [-0.1, -0.05) is 74.0 Å².